The number of para-hydroxylation sites is 1. The number of nitrogens with zero attached hydrogens (tertiary/aromatic N) is 3. The summed E-state index contributed by atoms with van der Waals surface area (Å²) in [6.07, 6.45) is 0.908. The summed E-state index contributed by atoms with van der Waals surface area (Å²) in [6, 6.07) is 14.6. The Bertz CT molecular complexity index is 1050. The number of amides is 1. The molecule has 1 amide bonds. The number of carbonyl (C=O) groups excluding carboxylic acids is 1. The zero-order chi connectivity index (χ0) is 19.4. The number of nitrogens with one attached hydrogen (secondary N) is 1. The van der Waals surface area contributed by atoms with E-state index in [-0.39, 0.29) is 10.8 Å². The second-order valence-electron chi connectivity index (χ2n) is 5.55. The molecule has 0 bridgehead atoms. The van der Waals surface area contributed by atoms with Gasteiger partial charge in [-0.05, 0) is 12.1 Å². The van der Waals surface area contributed by atoms with Gasteiger partial charge in [-0.15, -0.1) is 10.2 Å². The van der Waals surface area contributed by atoms with Crippen molar-refractivity contribution in [3.8, 4) is 10.6 Å². The largest absolute Gasteiger partial charge is 0.299 e. The molecule has 0 radical (unpaired) electrons. The molecule has 0 unspecified atom stereocenters. The zero-order valence-corrected chi connectivity index (χ0v) is 15.8. The summed E-state index contributed by atoms with van der Waals surface area (Å²) >= 11 is 1.15. The summed E-state index contributed by atoms with van der Waals surface area (Å²) in [4.78, 5) is 12.3. The molecular formula is C17H15FN4O3S2. The Kier molecular flexibility index (Phi) is 5.47. The molecule has 10 heteroatoms. The molecule has 0 saturated heterocycles. The minimum atomic E-state index is -3.87. The molecule has 0 atom stereocenters. The molecule has 0 fully saturated rings. The quantitative estimate of drug-likeness (QED) is 0.680. The average molecular weight is 406 g/mol. The molecule has 0 aliphatic heterocycles. The number of anilines is 2. The summed E-state index contributed by atoms with van der Waals surface area (Å²) in [5.41, 5.74) is 0.650. The highest BCUT2D eigenvalue weighted by atomic mass is 32.2. The minimum Gasteiger partial charge on any atom is -0.299 e. The molecule has 140 valence electrons. The lowest BCUT2D eigenvalue weighted by atomic mass is 10.2. The highest BCUT2D eigenvalue weighted by Gasteiger charge is 2.24. The van der Waals surface area contributed by atoms with Crippen LogP contribution in [0, 0.1) is 5.82 Å². The fourth-order valence-corrected chi connectivity index (χ4v) is 3.92. The molecule has 0 aliphatic carbocycles. The van der Waals surface area contributed by atoms with Crippen molar-refractivity contribution in [3.63, 3.8) is 0 Å². The van der Waals surface area contributed by atoms with Crippen LogP contribution in [0.15, 0.2) is 54.6 Å². The first-order chi connectivity index (χ1) is 12.8. The topological polar surface area (TPSA) is 92.3 Å². The fraction of sp³-hybridized carbons (Fsp3) is 0.118. The van der Waals surface area contributed by atoms with Crippen LogP contribution in [-0.2, 0) is 14.8 Å². The molecule has 1 N–H and O–H groups in total. The Labute approximate surface area is 159 Å². The van der Waals surface area contributed by atoms with E-state index in [9.17, 15) is 17.6 Å². The van der Waals surface area contributed by atoms with Crippen molar-refractivity contribution in [2.24, 2.45) is 0 Å². The number of hydrogen-bond acceptors (Lipinski definition) is 6. The Morgan fingerprint density at radius 3 is 2.44 bits per heavy atom. The van der Waals surface area contributed by atoms with Crippen LogP contribution in [0.2, 0.25) is 0 Å². The molecule has 7 nitrogen and oxygen atoms in total. The van der Waals surface area contributed by atoms with Gasteiger partial charge < -0.3 is 0 Å². The van der Waals surface area contributed by atoms with Crippen molar-refractivity contribution < 1.29 is 17.6 Å². The summed E-state index contributed by atoms with van der Waals surface area (Å²) < 4.78 is 38.7. The molecule has 2 aromatic carbocycles. The molecule has 1 aromatic heterocycles. The predicted octanol–water partition coefficient (Wildman–Crippen LogP) is 2.75. The Balaban J connectivity index is 1.76. The maximum atomic E-state index is 14.0. The monoisotopic (exact) mass is 406 g/mol. The van der Waals surface area contributed by atoms with Gasteiger partial charge in [0.2, 0.25) is 21.1 Å². The van der Waals surface area contributed by atoms with Gasteiger partial charge in [-0.2, -0.15) is 0 Å². The van der Waals surface area contributed by atoms with E-state index in [2.05, 4.69) is 15.5 Å². The third-order valence-electron chi connectivity index (χ3n) is 3.50. The second kappa shape index (κ2) is 7.80. The van der Waals surface area contributed by atoms with Crippen LogP contribution < -0.4 is 9.62 Å². The van der Waals surface area contributed by atoms with Crippen LogP contribution in [0.25, 0.3) is 10.6 Å². The van der Waals surface area contributed by atoms with E-state index < -0.39 is 28.3 Å². The number of hydrogen-bond donors (Lipinski definition) is 1. The Hall–Kier alpha value is -2.85. The maximum Gasteiger partial charge on any atom is 0.246 e. The van der Waals surface area contributed by atoms with Crippen LogP contribution in [0.5, 0.6) is 0 Å². The van der Waals surface area contributed by atoms with E-state index in [1.54, 1.807) is 0 Å². The molecule has 3 aromatic rings. The minimum absolute atomic E-state index is 0.197. The molecule has 0 aliphatic rings. The molecule has 3 rings (SSSR count). The van der Waals surface area contributed by atoms with Crippen molar-refractivity contribution in [2.75, 3.05) is 22.4 Å². The van der Waals surface area contributed by atoms with E-state index in [4.69, 9.17) is 0 Å². The summed E-state index contributed by atoms with van der Waals surface area (Å²) in [5, 5.41) is 11.2. The van der Waals surface area contributed by atoms with Crippen LogP contribution >= 0.6 is 11.3 Å². The molecule has 0 saturated carbocycles. The van der Waals surface area contributed by atoms with E-state index in [0.717, 1.165) is 29.2 Å². The second-order valence-corrected chi connectivity index (χ2v) is 8.43. The lowest BCUT2D eigenvalue weighted by Gasteiger charge is -2.21. The highest BCUT2D eigenvalue weighted by molar-refractivity contribution is 7.92. The van der Waals surface area contributed by atoms with E-state index in [1.807, 2.05) is 30.3 Å². The van der Waals surface area contributed by atoms with Gasteiger partial charge in [-0.1, -0.05) is 53.8 Å². The van der Waals surface area contributed by atoms with Gasteiger partial charge in [0.05, 0.1) is 11.9 Å². The third-order valence-corrected chi connectivity index (χ3v) is 5.52. The molecule has 0 spiro atoms. The Morgan fingerprint density at radius 2 is 1.78 bits per heavy atom. The number of sulfonamides is 1. The van der Waals surface area contributed by atoms with Gasteiger partial charge in [-0.25, -0.2) is 12.8 Å². The van der Waals surface area contributed by atoms with Gasteiger partial charge in [0.1, 0.15) is 17.4 Å². The lowest BCUT2D eigenvalue weighted by molar-refractivity contribution is -0.114. The number of rotatable bonds is 6. The van der Waals surface area contributed by atoms with Crippen LogP contribution in [-0.4, -0.2) is 37.3 Å². The smallest absolute Gasteiger partial charge is 0.246 e. The standard InChI is InChI=1S/C17H15FN4O3S2/c1-27(24,25)22(14-10-6-5-9-13(14)18)11-15(23)19-17-21-20-16(26-17)12-7-3-2-4-8-12/h2-10H,11H2,1H3,(H,19,21,23). The van der Waals surface area contributed by atoms with Crippen LogP contribution in [0.1, 0.15) is 0 Å². The molecular weight excluding hydrogens is 391 g/mol. The predicted molar refractivity (Wildman–Crippen MR) is 103 cm³/mol. The summed E-state index contributed by atoms with van der Waals surface area (Å²) in [6.45, 7) is -0.583. The summed E-state index contributed by atoms with van der Waals surface area (Å²) in [7, 11) is -3.87. The normalized spacial score (nSPS) is 11.2. The molecule has 1 heterocycles. The average Bonchev–Trinajstić information content (AvgIpc) is 3.09. The van der Waals surface area contributed by atoms with Crippen molar-refractivity contribution in [3.05, 3.63) is 60.4 Å². The number of aromatic nitrogens is 2. The number of benzene rings is 2. The number of halogens is 1. The van der Waals surface area contributed by atoms with Crippen LogP contribution in [0.4, 0.5) is 15.2 Å². The van der Waals surface area contributed by atoms with Crippen molar-refractivity contribution >= 4 is 38.1 Å². The molecule has 27 heavy (non-hydrogen) atoms. The first kappa shape index (κ1) is 18.9. The van der Waals surface area contributed by atoms with Crippen LogP contribution in [0.3, 0.4) is 0 Å². The highest BCUT2D eigenvalue weighted by Crippen LogP contribution is 2.26. The van der Waals surface area contributed by atoms with Gasteiger partial charge in [-0.3, -0.25) is 14.4 Å². The van der Waals surface area contributed by atoms with E-state index in [1.165, 1.54) is 18.2 Å². The third kappa shape index (κ3) is 4.66. The first-order valence-corrected chi connectivity index (χ1v) is 10.4. The maximum absolute atomic E-state index is 14.0. The van der Waals surface area contributed by atoms with E-state index in [0.29, 0.717) is 9.31 Å². The lowest BCUT2D eigenvalue weighted by Crippen LogP contribution is -2.38. The Morgan fingerprint density at radius 1 is 1.11 bits per heavy atom. The van der Waals surface area contributed by atoms with Gasteiger partial charge in [0.25, 0.3) is 0 Å². The zero-order valence-electron chi connectivity index (χ0n) is 14.2. The number of carbonyl (C=O) groups is 1. The SMILES string of the molecule is CS(=O)(=O)N(CC(=O)Nc1nnc(-c2ccccc2)s1)c1ccccc1F. The first-order valence-electron chi connectivity index (χ1n) is 7.75. The van der Waals surface area contributed by atoms with Gasteiger partial charge >= 0.3 is 0 Å². The summed E-state index contributed by atoms with van der Waals surface area (Å²) in [5.74, 6) is -1.39. The van der Waals surface area contributed by atoms with E-state index >= 15 is 0 Å². The van der Waals surface area contributed by atoms with Crippen molar-refractivity contribution in [2.45, 2.75) is 0 Å². The van der Waals surface area contributed by atoms with Gasteiger partial charge in [0, 0.05) is 5.56 Å². The van der Waals surface area contributed by atoms with Crippen molar-refractivity contribution in [1.29, 1.82) is 0 Å². The fourth-order valence-electron chi connectivity index (χ4n) is 2.30. The van der Waals surface area contributed by atoms with Crippen molar-refractivity contribution in [1.82, 2.24) is 10.2 Å². The van der Waals surface area contributed by atoms with Gasteiger partial charge in [0.15, 0.2) is 0 Å².